The Kier molecular flexibility index (Phi) is 9.34. The van der Waals surface area contributed by atoms with Gasteiger partial charge in [-0.25, -0.2) is 8.42 Å². The van der Waals surface area contributed by atoms with Crippen LogP contribution in [-0.4, -0.2) is 43.8 Å². The highest BCUT2D eigenvalue weighted by Gasteiger charge is 2.33. The van der Waals surface area contributed by atoms with Crippen molar-refractivity contribution in [2.45, 2.75) is 51.2 Å². The molecule has 0 radical (unpaired) electrons. The Morgan fingerprint density at radius 1 is 0.919 bits per heavy atom. The zero-order valence-electron chi connectivity index (χ0n) is 21.4. The van der Waals surface area contributed by atoms with Crippen LogP contribution in [0.15, 0.2) is 83.8 Å². The molecule has 0 saturated heterocycles. The van der Waals surface area contributed by atoms with Crippen molar-refractivity contribution >= 4 is 39.1 Å². The average Bonchev–Trinajstić information content (AvgIpc) is 2.86. The number of carbonyl (C=O) groups excluding carboxylic acids is 2. The summed E-state index contributed by atoms with van der Waals surface area (Å²) in [6, 6.07) is 21.1. The number of sulfonamides is 1. The topological polar surface area (TPSA) is 86.8 Å². The third kappa shape index (κ3) is 7.11. The minimum Gasteiger partial charge on any atom is -0.352 e. The molecule has 2 amide bonds. The molecule has 0 aliphatic carbocycles. The van der Waals surface area contributed by atoms with Crippen LogP contribution in [0.1, 0.15) is 31.9 Å². The molecular weight excluding hydrogens is 510 g/mol. The molecule has 0 aliphatic rings. The number of halogens is 1. The summed E-state index contributed by atoms with van der Waals surface area (Å²) in [5.41, 5.74) is 1.75. The number of hydrogen-bond acceptors (Lipinski definition) is 4. The predicted octanol–water partition coefficient (Wildman–Crippen LogP) is 4.79. The van der Waals surface area contributed by atoms with Gasteiger partial charge in [0, 0.05) is 17.6 Å². The first-order valence-electron chi connectivity index (χ1n) is 12.0. The fourth-order valence-corrected chi connectivity index (χ4v) is 5.63. The summed E-state index contributed by atoms with van der Waals surface area (Å²) in [4.78, 5) is 28.2. The summed E-state index contributed by atoms with van der Waals surface area (Å²) in [6.45, 7) is 6.70. The van der Waals surface area contributed by atoms with Crippen molar-refractivity contribution in [3.63, 3.8) is 0 Å². The van der Waals surface area contributed by atoms with E-state index in [1.54, 1.807) is 50.2 Å². The number of carbonyl (C=O) groups is 2. The molecule has 1 N–H and O–H groups in total. The van der Waals surface area contributed by atoms with E-state index in [-0.39, 0.29) is 23.4 Å². The maximum atomic E-state index is 13.8. The van der Waals surface area contributed by atoms with E-state index in [2.05, 4.69) is 5.32 Å². The van der Waals surface area contributed by atoms with E-state index in [4.69, 9.17) is 11.6 Å². The quantitative estimate of drug-likeness (QED) is 0.400. The number of rotatable bonds is 10. The van der Waals surface area contributed by atoms with Crippen molar-refractivity contribution < 1.29 is 18.0 Å². The largest absolute Gasteiger partial charge is 0.352 e. The monoisotopic (exact) mass is 541 g/mol. The molecule has 0 heterocycles. The lowest BCUT2D eigenvalue weighted by Crippen LogP contribution is -2.52. The van der Waals surface area contributed by atoms with E-state index >= 15 is 0 Å². The second-order valence-electron chi connectivity index (χ2n) is 9.10. The van der Waals surface area contributed by atoms with E-state index in [9.17, 15) is 18.0 Å². The fraction of sp³-hybridized carbons (Fsp3) is 0.286. The van der Waals surface area contributed by atoms with Crippen molar-refractivity contribution in [2.24, 2.45) is 0 Å². The van der Waals surface area contributed by atoms with Gasteiger partial charge in [0.05, 0.1) is 10.6 Å². The number of hydrogen-bond donors (Lipinski definition) is 1. The normalized spacial score (nSPS) is 12.2. The number of anilines is 1. The third-order valence-electron chi connectivity index (χ3n) is 5.83. The third-order valence-corrected chi connectivity index (χ3v) is 7.84. The molecule has 37 heavy (non-hydrogen) atoms. The summed E-state index contributed by atoms with van der Waals surface area (Å²) in [6.07, 6.45) is 0. The van der Waals surface area contributed by atoms with Crippen LogP contribution in [0.3, 0.4) is 0 Å². The van der Waals surface area contributed by atoms with Crippen molar-refractivity contribution in [1.29, 1.82) is 0 Å². The lowest BCUT2D eigenvalue weighted by atomic mass is 10.1. The number of aryl methyl sites for hydroxylation is 1. The van der Waals surface area contributed by atoms with Gasteiger partial charge in [0.2, 0.25) is 11.8 Å². The van der Waals surface area contributed by atoms with E-state index < -0.39 is 28.5 Å². The molecule has 0 aromatic heterocycles. The number of amides is 2. The summed E-state index contributed by atoms with van der Waals surface area (Å²) >= 11 is 6.13. The van der Waals surface area contributed by atoms with Gasteiger partial charge in [-0.05, 0) is 69.2 Å². The van der Waals surface area contributed by atoms with Gasteiger partial charge in [-0.2, -0.15) is 0 Å². The molecule has 0 bridgehead atoms. The molecule has 0 saturated carbocycles. The number of nitrogens with one attached hydrogen (secondary N) is 1. The minimum absolute atomic E-state index is 0.0531. The highest BCUT2D eigenvalue weighted by molar-refractivity contribution is 7.92. The van der Waals surface area contributed by atoms with Crippen LogP contribution in [0.2, 0.25) is 5.02 Å². The van der Waals surface area contributed by atoms with Crippen LogP contribution < -0.4 is 9.62 Å². The molecular formula is C28H32ClN3O4S. The number of nitrogens with zero attached hydrogens (tertiary/aromatic N) is 2. The molecule has 0 spiro atoms. The van der Waals surface area contributed by atoms with E-state index in [0.717, 1.165) is 9.87 Å². The van der Waals surface area contributed by atoms with Gasteiger partial charge in [0.1, 0.15) is 12.6 Å². The van der Waals surface area contributed by atoms with E-state index in [1.165, 1.54) is 17.0 Å². The van der Waals surface area contributed by atoms with Crippen LogP contribution in [0.4, 0.5) is 5.69 Å². The first-order valence-corrected chi connectivity index (χ1v) is 13.8. The Labute approximate surface area is 224 Å². The standard InChI is InChI=1S/C28H32ClN3O4S/c1-20(2)30-28(34)22(4)31(18-23-11-7-5-8-12-23)27(33)19-32(26-16-15-24(29)17-21(26)3)37(35,36)25-13-9-6-10-14-25/h5-17,20,22H,18-19H2,1-4H3,(H,30,34). The van der Waals surface area contributed by atoms with Crippen molar-refractivity contribution in [2.75, 3.05) is 10.8 Å². The molecule has 3 aromatic rings. The smallest absolute Gasteiger partial charge is 0.264 e. The molecule has 1 atom stereocenters. The van der Waals surface area contributed by atoms with E-state index in [0.29, 0.717) is 16.3 Å². The zero-order chi connectivity index (χ0) is 27.2. The summed E-state index contributed by atoms with van der Waals surface area (Å²) in [7, 11) is -4.11. The maximum absolute atomic E-state index is 13.8. The van der Waals surface area contributed by atoms with Gasteiger partial charge in [0.25, 0.3) is 10.0 Å². The van der Waals surface area contributed by atoms with Crippen LogP contribution in [0.25, 0.3) is 0 Å². The highest BCUT2D eigenvalue weighted by atomic mass is 35.5. The minimum atomic E-state index is -4.11. The Balaban J connectivity index is 2.04. The first kappa shape index (κ1) is 28.2. The molecule has 3 rings (SSSR count). The van der Waals surface area contributed by atoms with Gasteiger partial charge in [0.15, 0.2) is 0 Å². The predicted molar refractivity (Wildman–Crippen MR) is 147 cm³/mol. The van der Waals surface area contributed by atoms with Crippen molar-refractivity contribution in [1.82, 2.24) is 10.2 Å². The zero-order valence-corrected chi connectivity index (χ0v) is 23.0. The molecule has 0 aliphatic heterocycles. The maximum Gasteiger partial charge on any atom is 0.264 e. The molecule has 7 nitrogen and oxygen atoms in total. The Morgan fingerprint density at radius 2 is 1.51 bits per heavy atom. The summed E-state index contributed by atoms with van der Waals surface area (Å²) < 4.78 is 28.6. The molecule has 9 heteroatoms. The van der Waals surface area contributed by atoms with Crippen molar-refractivity contribution in [3.05, 3.63) is 95.0 Å². The van der Waals surface area contributed by atoms with E-state index in [1.807, 2.05) is 44.2 Å². The number of benzene rings is 3. The van der Waals surface area contributed by atoms with Gasteiger partial charge < -0.3 is 10.2 Å². The van der Waals surface area contributed by atoms with Crippen LogP contribution >= 0.6 is 11.6 Å². The molecule has 3 aromatic carbocycles. The summed E-state index contributed by atoms with van der Waals surface area (Å²) in [5, 5.41) is 3.29. The highest BCUT2D eigenvalue weighted by Crippen LogP contribution is 2.29. The van der Waals surface area contributed by atoms with Gasteiger partial charge in [-0.15, -0.1) is 0 Å². The average molecular weight is 542 g/mol. The molecule has 196 valence electrons. The molecule has 0 fully saturated rings. The Morgan fingerprint density at radius 3 is 2.08 bits per heavy atom. The lowest BCUT2D eigenvalue weighted by Gasteiger charge is -2.32. The Hall–Kier alpha value is -3.36. The van der Waals surface area contributed by atoms with Gasteiger partial charge in [-0.3, -0.25) is 13.9 Å². The second kappa shape index (κ2) is 12.3. The Bertz CT molecular complexity index is 1330. The molecule has 1 unspecified atom stereocenters. The lowest BCUT2D eigenvalue weighted by molar-refractivity contribution is -0.139. The fourth-order valence-electron chi connectivity index (χ4n) is 3.90. The first-order chi connectivity index (χ1) is 17.5. The van der Waals surface area contributed by atoms with Crippen LogP contribution in [0.5, 0.6) is 0 Å². The van der Waals surface area contributed by atoms with Crippen molar-refractivity contribution in [3.8, 4) is 0 Å². The second-order valence-corrected chi connectivity index (χ2v) is 11.4. The SMILES string of the molecule is Cc1cc(Cl)ccc1N(CC(=O)N(Cc1ccccc1)C(C)C(=O)NC(C)C)S(=O)(=O)c1ccccc1. The van der Waals surface area contributed by atoms with Gasteiger partial charge in [-0.1, -0.05) is 60.1 Å². The van der Waals surface area contributed by atoms with Gasteiger partial charge >= 0.3 is 0 Å². The van der Waals surface area contributed by atoms with Crippen LogP contribution in [0, 0.1) is 6.92 Å². The summed E-state index contributed by atoms with van der Waals surface area (Å²) in [5.74, 6) is -0.830. The van der Waals surface area contributed by atoms with Crippen LogP contribution in [-0.2, 0) is 26.2 Å².